The van der Waals surface area contributed by atoms with Crippen LogP contribution < -0.4 is 5.32 Å². The third-order valence-corrected chi connectivity index (χ3v) is 2.60. The van der Waals surface area contributed by atoms with Crippen molar-refractivity contribution in [3.8, 4) is 0 Å². The molecule has 23 heavy (non-hydrogen) atoms. The highest BCUT2D eigenvalue weighted by Crippen LogP contribution is 2.22. The normalized spacial score (nSPS) is 10.7. The fourth-order valence-electron chi connectivity index (χ4n) is 1.49. The van der Waals surface area contributed by atoms with Crippen molar-refractivity contribution in [3.63, 3.8) is 0 Å². The van der Waals surface area contributed by atoms with Gasteiger partial charge in [-0.1, -0.05) is 0 Å². The Morgan fingerprint density at radius 2 is 1.65 bits per heavy atom. The summed E-state index contributed by atoms with van der Waals surface area (Å²) in [4.78, 5) is 34.2. The molecular weight excluding hydrogens is 316 g/mol. The zero-order valence-corrected chi connectivity index (χ0v) is 12.4. The van der Waals surface area contributed by atoms with Crippen LogP contribution in [0.2, 0.25) is 0 Å². The van der Waals surface area contributed by atoms with Gasteiger partial charge in [-0.3, -0.25) is 0 Å². The predicted molar refractivity (Wildman–Crippen MR) is 73.4 cm³/mol. The molecule has 0 fully saturated rings. The Balaban J connectivity index is 3.28. The summed E-state index contributed by atoms with van der Waals surface area (Å²) in [5.74, 6) is -5.19. The molecule has 0 saturated heterocycles. The molecule has 0 aliphatic rings. The number of esters is 3. The smallest absolute Gasteiger partial charge is 0.354 e. The minimum Gasteiger partial charge on any atom is -0.466 e. The van der Waals surface area contributed by atoms with Crippen molar-refractivity contribution >= 4 is 23.6 Å². The van der Waals surface area contributed by atoms with Crippen LogP contribution in [-0.4, -0.2) is 39.2 Å². The number of halogens is 2. The topological polar surface area (TPSA) is 90.9 Å². The van der Waals surface area contributed by atoms with E-state index in [0.29, 0.717) is 12.1 Å². The number of rotatable bonds is 5. The van der Waals surface area contributed by atoms with Gasteiger partial charge in [0.1, 0.15) is 17.3 Å². The van der Waals surface area contributed by atoms with Gasteiger partial charge in [0.05, 0.1) is 38.7 Å². The molecule has 7 nitrogen and oxygen atoms in total. The maximum atomic E-state index is 13.8. The number of hydrogen-bond acceptors (Lipinski definition) is 7. The maximum Gasteiger partial charge on any atom is 0.354 e. The zero-order valence-electron chi connectivity index (χ0n) is 12.4. The van der Waals surface area contributed by atoms with E-state index in [1.165, 1.54) is 0 Å². The summed E-state index contributed by atoms with van der Waals surface area (Å²) in [6.45, 7) is 0. The van der Waals surface area contributed by atoms with Gasteiger partial charge < -0.3 is 19.5 Å². The molecule has 1 N–H and O–H groups in total. The largest absolute Gasteiger partial charge is 0.466 e. The van der Waals surface area contributed by atoms with E-state index >= 15 is 0 Å². The second kappa shape index (κ2) is 7.87. The molecule has 1 aromatic rings. The Kier molecular flexibility index (Phi) is 6.19. The summed E-state index contributed by atoms with van der Waals surface area (Å²) in [5, 5.41) is 2.25. The Morgan fingerprint density at radius 3 is 2.17 bits per heavy atom. The van der Waals surface area contributed by atoms with E-state index in [1.54, 1.807) is 0 Å². The third-order valence-electron chi connectivity index (χ3n) is 2.60. The predicted octanol–water partition coefficient (Wildman–Crippen LogP) is 1.39. The Labute approximate surface area is 129 Å². The van der Waals surface area contributed by atoms with Crippen LogP contribution in [-0.2, 0) is 23.8 Å². The molecule has 0 aliphatic carbocycles. The number of benzene rings is 1. The first-order valence-corrected chi connectivity index (χ1v) is 6.06. The molecular formula is C14H13F2NO6. The van der Waals surface area contributed by atoms with Crippen molar-refractivity contribution < 1.29 is 37.4 Å². The monoisotopic (exact) mass is 329 g/mol. The molecule has 0 bridgehead atoms. The molecule has 1 aromatic carbocycles. The number of carbonyl (C=O) groups is 3. The lowest BCUT2D eigenvalue weighted by Crippen LogP contribution is -2.17. The first kappa shape index (κ1) is 18.1. The van der Waals surface area contributed by atoms with Crippen LogP contribution in [0.4, 0.5) is 14.5 Å². The highest BCUT2D eigenvalue weighted by molar-refractivity contribution is 5.99. The van der Waals surface area contributed by atoms with Crippen molar-refractivity contribution in [2.45, 2.75) is 0 Å². The van der Waals surface area contributed by atoms with Crippen LogP contribution in [0.3, 0.4) is 0 Å². The van der Waals surface area contributed by atoms with E-state index in [0.717, 1.165) is 27.4 Å². The molecule has 0 atom stereocenters. The van der Waals surface area contributed by atoms with Gasteiger partial charge in [0, 0.05) is 6.07 Å². The van der Waals surface area contributed by atoms with Gasteiger partial charge in [0.25, 0.3) is 0 Å². The molecule has 0 unspecified atom stereocenters. The van der Waals surface area contributed by atoms with Crippen LogP contribution >= 0.6 is 0 Å². The fraction of sp³-hybridized carbons (Fsp3) is 0.214. The number of nitrogens with one attached hydrogen (secondary N) is 1. The Morgan fingerprint density at radius 1 is 1.00 bits per heavy atom. The van der Waals surface area contributed by atoms with Crippen LogP contribution in [0.1, 0.15) is 10.4 Å². The Hall–Kier alpha value is -2.97. The van der Waals surface area contributed by atoms with Crippen molar-refractivity contribution in [2.24, 2.45) is 0 Å². The van der Waals surface area contributed by atoms with Crippen LogP contribution in [0.25, 0.3) is 0 Å². The molecule has 0 heterocycles. The number of hydrogen-bond donors (Lipinski definition) is 1. The van der Waals surface area contributed by atoms with Gasteiger partial charge in [-0.05, 0) is 6.07 Å². The second-order valence-electron chi connectivity index (χ2n) is 4.00. The third kappa shape index (κ3) is 4.50. The minimum atomic E-state index is -1.14. The number of carbonyl (C=O) groups excluding carboxylic acids is 3. The van der Waals surface area contributed by atoms with E-state index in [-0.39, 0.29) is 0 Å². The van der Waals surface area contributed by atoms with Gasteiger partial charge in [0.2, 0.25) is 0 Å². The highest BCUT2D eigenvalue weighted by atomic mass is 19.1. The fourth-order valence-corrected chi connectivity index (χ4v) is 1.49. The van der Waals surface area contributed by atoms with Gasteiger partial charge in [-0.2, -0.15) is 0 Å². The molecule has 124 valence electrons. The molecule has 1 rings (SSSR count). The van der Waals surface area contributed by atoms with Crippen LogP contribution in [0.5, 0.6) is 0 Å². The average Bonchev–Trinajstić information content (AvgIpc) is 2.54. The maximum absolute atomic E-state index is 13.8. The van der Waals surface area contributed by atoms with E-state index in [1.807, 2.05) is 0 Å². The summed E-state index contributed by atoms with van der Waals surface area (Å²) in [6, 6.07) is 1.23. The van der Waals surface area contributed by atoms with Crippen molar-refractivity contribution in [3.05, 3.63) is 41.1 Å². The van der Waals surface area contributed by atoms with E-state index < -0.39 is 46.5 Å². The summed E-state index contributed by atoms with van der Waals surface area (Å²) in [7, 11) is 3.13. The number of anilines is 1. The van der Waals surface area contributed by atoms with Gasteiger partial charge in [-0.15, -0.1) is 0 Å². The molecule has 0 aliphatic heterocycles. The standard InChI is InChI=1S/C14H13F2NO6/c1-21-12(18)6-11(14(20)23-3)17-10-4-7(13(19)22-2)8(15)5-9(10)16/h4-6,17H,1-3H3/b11-6+. The molecule has 0 spiro atoms. The van der Waals surface area contributed by atoms with Gasteiger partial charge in [-0.25, -0.2) is 23.2 Å². The van der Waals surface area contributed by atoms with Gasteiger partial charge in [0.15, 0.2) is 0 Å². The quantitative estimate of drug-likeness (QED) is 0.496. The summed E-state index contributed by atoms with van der Waals surface area (Å²) in [5.41, 5.74) is -1.47. The lowest BCUT2D eigenvalue weighted by Gasteiger charge is -2.11. The van der Waals surface area contributed by atoms with Crippen molar-refractivity contribution in [1.82, 2.24) is 0 Å². The minimum absolute atomic E-state index is 0.432. The van der Waals surface area contributed by atoms with Gasteiger partial charge >= 0.3 is 17.9 Å². The van der Waals surface area contributed by atoms with Crippen LogP contribution in [0, 0.1) is 11.6 Å². The lowest BCUT2D eigenvalue weighted by atomic mass is 10.1. The lowest BCUT2D eigenvalue weighted by molar-refractivity contribution is -0.138. The summed E-state index contributed by atoms with van der Waals surface area (Å²) in [6.07, 6.45) is 0.715. The molecule has 0 radical (unpaired) electrons. The first-order chi connectivity index (χ1) is 10.8. The summed E-state index contributed by atoms with van der Waals surface area (Å²) < 4.78 is 40.5. The van der Waals surface area contributed by atoms with E-state index in [2.05, 4.69) is 19.5 Å². The van der Waals surface area contributed by atoms with Crippen LogP contribution in [0.15, 0.2) is 23.9 Å². The average molecular weight is 329 g/mol. The number of ether oxygens (including phenoxy) is 3. The molecule has 0 saturated carbocycles. The molecule has 9 heteroatoms. The molecule has 0 amide bonds. The van der Waals surface area contributed by atoms with E-state index in [4.69, 9.17) is 0 Å². The second-order valence-corrected chi connectivity index (χ2v) is 4.00. The molecule has 0 aromatic heterocycles. The summed E-state index contributed by atoms with van der Waals surface area (Å²) >= 11 is 0. The van der Waals surface area contributed by atoms with Crippen molar-refractivity contribution in [1.29, 1.82) is 0 Å². The van der Waals surface area contributed by atoms with Crippen molar-refractivity contribution in [2.75, 3.05) is 26.6 Å². The Bertz CT molecular complexity index is 671. The zero-order chi connectivity index (χ0) is 17.6. The van der Waals surface area contributed by atoms with E-state index in [9.17, 15) is 23.2 Å². The number of methoxy groups -OCH3 is 3. The highest BCUT2D eigenvalue weighted by Gasteiger charge is 2.19. The SMILES string of the molecule is COC(=O)/C=C(/Nc1cc(C(=O)OC)c(F)cc1F)C(=O)OC. The first-order valence-electron chi connectivity index (χ1n) is 6.06.